The molecule has 0 aliphatic heterocycles. The highest BCUT2D eigenvalue weighted by Crippen LogP contribution is 2.35. The second-order valence-electron chi connectivity index (χ2n) is 4.37. The highest BCUT2D eigenvalue weighted by molar-refractivity contribution is 7.99. The molecular formula is C15H8ClN3OS. The standard InChI is InChI=1S/C15H8ClN3OS/c16-9-4-5-11-10(7-9)13-14(20-11)15(19-8-18-13)21-12-3-1-2-6-17-12/h1-8H. The Hall–Kier alpha value is -2.11. The summed E-state index contributed by atoms with van der Waals surface area (Å²) < 4.78 is 5.88. The van der Waals surface area contributed by atoms with Gasteiger partial charge in [0.15, 0.2) is 5.58 Å². The van der Waals surface area contributed by atoms with Crippen LogP contribution in [0.2, 0.25) is 5.02 Å². The molecule has 0 radical (unpaired) electrons. The lowest BCUT2D eigenvalue weighted by Crippen LogP contribution is -1.85. The number of hydrogen-bond acceptors (Lipinski definition) is 5. The first-order valence-corrected chi connectivity index (χ1v) is 7.42. The second-order valence-corrected chi connectivity index (χ2v) is 5.81. The SMILES string of the molecule is Clc1ccc2oc3c(Sc4ccccn4)ncnc3c2c1. The maximum absolute atomic E-state index is 6.05. The molecule has 21 heavy (non-hydrogen) atoms. The van der Waals surface area contributed by atoms with Crippen molar-refractivity contribution in [3.05, 3.63) is 53.9 Å². The maximum atomic E-state index is 6.05. The average Bonchev–Trinajstić information content (AvgIpc) is 2.88. The van der Waals surface area contributed by atoms with Crippen molar-refractivity contribution >= 4 is 45.4 Å². The third kappa shape index (κ3) is 2.24. The first-order chi connectivity index (χ1) is 10.3. The molecule has 0 N–H and O–H groups in total. The summed E-state index contributed by atoms with van der Waals surface area (Å²) in [7, 11) is 0. The molecule has 4 nitrogen and oxygen atoms in total. The van der Waals surface area contributed by atoms with E-state index < -0.39 is 0 Å². The zero-order chi connectivity index (χ0) is 14.2. The number of hydrogen-bond donors (Lipinski definition) is 0. The van der Waals surface area contributed by atoms with E-state index in [1.165, 1.54) is 18.1 Å². The number of aromatic nitrogens is 3. The molecule has 4 rings (SSSR count). The van der Waals surface area contributed by atoms with Gasteiger partial charge in [-0.3, -0.25) is 0 Å². The highest BCUT2D eigenvalue weighted by atomic mass is 35.5. The fourth-order valence-electron chi connectivity index (χ4n) is 2.11. The monoisotopic (exact) mass is 313 g/mol. The molecule has 102 valence electrons. The van der Waals surface area contributed by atoms with Gasteiger partial charge in [0.1, 0.15) is 27.5 Å². The Labute approximate surface area is 129 Å². The van der Waals surface area contributed by atoms with Crippen LogP contribution in [0.1, 0.15) is 0 Å². The van der Waals surface area contributed by atoms with Crippen molar-refractivity contribution in [1.82, 2.24) is 15.0 Å². The van der Waals surface area contributed by atoms with Crippen LogP contribution in [0.15, 0.2) is 63.4 Å². The Morgan fingerprint density at radius 1 is 1.05 bits per heavy atom. The van der Waals surface area contributed by atoms with Crippen LogP contribution >= 0.6 is 23.4 Å². The predicted molar refractivity (Wildman–Crippen MR) is 82.7 cm³/mol. The predicted octanol–water partition coefficient (Wildman–Crippen LogP) is 4.58. The van der Waals surface area contributed by atoms with Crippen LogP contribution in [-0.4, -0.2) is 15.0 Å². The number of furan rings is 1. The highest BCUT2D eigenvalue weighted by Gasteiger charge is 2.14. The summed E-state index contributed by atoms with van der Waals surface area (Å²) in [5.41, 5.74) is 2.17. The van der Waals surface area contributed by atoms with Gasteiger partial charge < -0.3 is 4.42 Å². The van der Waals surface area contributed by atoms with Crippen molar-refractivity contribution in [3.63, 3.8) is 0 Å². The van der Waals surface area contributed by atoms with E-state index in [0.29, 0.717) is 10.6 Å². The van der Waals surface area contributed by atoms with Gasteiger partial charge in [-0.25, -0.2) is 15.0 Å². The number of nitrogens with zero attached hydrogens (tertiary/aromatic N) is 3. The van der Waals surface area contributed by atoms with E-state index in [9.17, 15) is 0 Å². The average molecular weight is 314 g/mol. The fraction of sp³-hybridized carbons (Fsp3) is 0. The van der Waals surface area contributed by atoms with Gasteiger partial charge in [0.05, 0.1) is 0 Å². The van der Waals surface area contributed by atoms with Crippen LogP contribution in [0, 0.1) is 0 Å². The van der Waals surface area contributed by atoms with E-state index in [4.69, 9.17) is 16.0 Å². The van der Waals surface area contributed by atoms with Gasteiger partial charge >= 0.3 is 0 Å². The number of rotatable bonds is 2. The lowest BCUT2D eigenvalue weighted by Gasteiger charge is -1.99. The van der Waals surface area contributed by atoms with E-state index in [-0.39, 0.29) is 0 Å². The van der Waals surface area contributed by atoms with Crippen LogP contribution in [0.5, 0.6) is 0 Å². The molecule has 6 heteroatoms. The van der Waals surface area contributed by atoms with Gasteiger partial charge in [0.25, 0.3) is 0 Å². The molecule has 0 bridgehead atoms. The minimum absolute atomic E-state index is 0.655. The van der Waals surface area contributed by atoms with Crippen molar-refractivity contribution in [1.29, 1.82) is 0 Å². The van der Waals surface area contributed by atoms with Gasteiger partial charge in [0, 0.05) is 16.6 Å². The smallest absolute Gasteiger partial charge is 0.186 e. The van der Waals surface area contributed by atoms with Crippen molar-refractivity contribution < 1.29 is 4.42 Å². The Morgan fingerprint density at radius 3 is 2.86 bits per heavy atom. The fourth-order valence-corrected chi connectivity index (χ4v) is 3.07. The summed E-state index contributed by atoms with van der Waals surface area (Å²) in [6.07, 6.45) is 3.28. The number of fused-ring (bicyclic) bond motifs is 3. The minimum Gasteiger partial charge on any atom is -0.451 e. The van der Waals surface area contributed by atoms with E-state index in [0.717, 1.165) is 26.5 Å². The lowest BCUT2D eigenvalue weighted by atomic mass is 10.2. The van der Waals surface area contributed by atoms with Crippen LogP contribution in [0.25, 0.3) is 22.1 Å². The van der Waals surface area contributed by atoms with Crippen molar-refractivity contribution in [2.45, 2.75) is 10.1 Å². The zero-order valence-corrected chi connectivity index (χ0v) is 12.2. The molecule has 0 unspecified atom stereocenters. The lowest BCUT2D eigenvalue weighted by molar-refractivity contribution is 0.653. The van der Waals surface area contributed by atoms with Crippen molar-refractivity contribution in [2.24, 2.45) is 0 Å². The summed E-state index contributed by atoms with van der Waals surface area (Å²) in [5, 5.41) is 3.15. The van der Waals surface area contributed by atoms with E-state index in [2.05, 4.69) is 15.0 Å². The summed E-state index contributed by atoms with van der Waals surface area (Å²) in [6.45, 7) is 0. The van der Waals surface area contributed by atoms with E-state index >= 15 is 0 Å². The van der Waals surface area contributed by atoms with Crippen LogP contribution in [0.3, 0.4) is 0 Å². The molecule has 0 saturated heterocycles. The van der Waals surface area contributed by atoms with E-state index in [1.807, 2.05) is 30.3 Å². The van der Waals surface area contributed by atoms with Gasteiger partial charge in [-0.15, -0.1) is 0 Å². The molecule has 1 aromatic carbocycles. The summed E-state index contributed by atoms with van der Waals surface area (Å²) >= 11 is 7.49. The molecule has 0 aliphatic rings. The Bertz CT molecular complexity index is 940. The summed E-state index contributed by atoms with van der Waals surface area (Å²) in [5.74, 6) is 0. The first kappa shape index (κ1) is 12.6. The van der Waals surface area contributed by atoms with Crippen LogP contribution in [0.4, 0.5) is 0 Å². The molecular weight excluding hydrogens is 306 g/mol. The van der Waals surface area contributed by atoms with Gasteiger partial charge in [-0.05, 0) is 42.1 Å². The molecule has 0 saturated carbocycles. The summed E-state index contributed by atoms with van der Waals surface area (Å²) in [4.78, 5) is 12.9. The Balaban J connectivity index is 1.92. The van der Waals surface area contributed by atoms with E-state index in [1.54, 1.807) is 12.3 Å². The molecule has 0 fully saturated rings. The quantitative estimate of drug-likeness (QED) is 0.507. The molecule has 0 atom stereocenters. The van der Waals surface area contributed by atoms with Crippen molar-refractivity contribution in [3.8, 4) is 0 Å². The van der Waals surface area contributed by atoms with Gasteiger partial charge in [-0.1, -0.05) is 17.7 Å². The number of benzene rings is 1. The topological polar surface area (TPSA) is 51.8 Å². The number of pyridine rings is 1. The van der Waals surface area contributed by atoms with Crippen LogP contribution < -0.4 is 0 Å². The Kier molecular flexibility index (Phi) is 3.02. The van der Waals surface area contributed by atoms with Crippen molar-refractivity contribution in [2.75, 3.05) is 0 Å². The molecule has 0 amide bonds. The minimum atomic E-state index is 0.655. The second kappa shape index (κ2) is 5.02. The van der Waals surface area contributed by atoms with Crippen LogP contribution in [-0.2, 0) is 0 Å². The molecule has 4 aromatic rings. The third-order valence-corrected chi connectivity index (χ3v) is 4.19. The molecule has 3 heterocycles. The molecule has 0 aliphatic carbocycles. The molecule has 3 aromatic heterocycles. The van der Waals surface area contributed by atoms with Gasteiger partial charge in [0.2, 0.25) is 0 Å². The maximum Gasteiger partial charge on any atom is 0.186 e. The largest absolute Gasteiger partial charge is 0.451 e. The van der Waals surface area contributed by atoms with Gasteiger partial charge in [-0.2, -0.15) is 0 Å². The summed E-state index contributed by atoms with van der Waals surface area (Å²) in [6, 6.07) is 11.2. The normalized spacial score (nSPS) is 11.3. The first-order valence-electron chi connectivity index (χ1n) is 6.23. The molecule has 0 spiro atoms. The zero-order valence-electron chi connectivity index (χ0n) is 10.7. The number of halogens is 1. The third-order valence-electron chi connectivity index (χ3n) is 3.02. The Morgan fingerprint density at radius 2 is 2.00 bits per heavy atom.